The van der Waals surface area contributed by atoms with Crippen molar-refractivity contribution in [1.82, 2.24) is 19.4 Å². The maximum absolute atomic E-state index is 12.8. The predicted octanol–water partition coefficient (Wildman–Crippen LogP) is 1.47. The second-order valence-electron chi connectivity index (χ2n) is 7.01. The number of fused-ring (bicyclic) bond motifs is 1. The molecule has 1 fully saturated rings. The quantitative estimate of drug-likeness (QED) is 0.698. The van der Waals surface area contributed by atoms with E-state index in [4.69, 9.17) is 4.42 Å². The van der Waals surface area contributed by atoms with Crippen LogP contribution in [0.15, 0.2) is 39.5 Å². The molecule has 1 amide bonds. The Labute approximate surface area is 168 Å². The number of piperazine rings is 1. The third kappa shape index (κ3) is 3.94. The highest BCUT2D eigenvalue weighted by Gasteiger charge is 2.24. The van der Waals surface area contributed by atoms with Gasteiger partial charge in [-0.3, -0.25) is 9.36 Å². The zero-order valence-electron chi connectivity index (χ0n) is 16.6. The molecule has 1 aliphatic heterocycles. The van der Waals surface area contributed by atoms with Crippen LogP contribution in [0.25, 0.3) is 11.1 Å². The molecular formula is C20H24N6O3. The van der Waals surface area contributed by atoms with Gasteiger partial charge in [-0.15, -0.1) is 0 Å². The van der Waals surface area contributed by atoms with Gasteiger partial charge in [-0.2, -0.15) is 4.98 Å². The summed E-state index contributed by atoms with van der Waals surface area (Å²) in [5.41, 5.74) is 2.03. The number of amides is 1. The minimum Gasteiger partial charge on any atom is -0.408 e. The fourth-order valence-corrected chi connectivity index (χ4v) is 3.53. The van der Waals surface area contributed by atoms with Crippen molar-refractivity contribution in [2.45, 2.75) is 20.4 Å². The second-order valence-corrected chi connectivity index (χ2v) is 7.01. The van der Waals surface area contributed by atoms with Crippen LogP contribution in [-0.2, 0) is 11.3 Å². The van der Waals surface area contributed by atoms with E-state index in [1.807, 2.05) is 26.0 Å². The second kappa shape index (κ2) is 7.94. The first-order valence-electron chi connectivity index (χ1n) is 9.76. The SMILES string of the molecule is CCNc1nc(C)cc(N2CCN(C(=O)Cn3c(=O)oc4ccccc43)CC2)n1. The van der Waals surface area contributed by atoms with Crippen molar-refractivity contribution in [3.05, 3.63) is 46.6 Å². The van der Waals surface area contributed by atoms with Crippen molar-refractivity contribution in [1.29, 1.82) is 0 Å². The van der Waals surface area contributed by atoms with Crippen molar-refractivity contribution >= 4 is 28.8 Å². The molecule has 0 unspecified atom stereocenters. The normalized spacial score (nSPS) is 14.4. The number of carbonyl (C=O) groups is 1. The smallest absolute Gasteiger partial charge is 0.408 e. The lowest BCUT2D eigenvalue weighted by Crippen LogP contribution is -2.50. The molecule has 3 heterocycles. The zero-order chi connectivity index (χ0) is 20.4. The summed E-state index contributed by atoms with van der Waals surface area (Å²) in [5.74, 6) is 0.876. The minimum atomic E-state index is -0.509. The minimum absolute atomic E-state index is 0.0208. The molecular weight excluding hydrogens is 372 g/mol. The molecule has 2 aromatic heterocycles. The van der Waals surface area contributed by atoms with Crippen LogP contribution >= 0.6 is 0 Å². The molecule has 0 saturated carbocycles. The van der Waals surface area contributed by atoms with E-state index in [9.17, 15) is 9.59 Å². The van der Waals surface area contributed by atoms with Crippen LogP contribution in [-0.4, -0.2) is 58.1 Å². The van der Waals surface area contributed by atoms with E-state index in [1.165, 1.54) is 4.57 Å². The number of nitrogens with zero attached hydrogens (tertiary/aromatic N) is 5. The molecule has 0 radical (unpaired) electrons. The highest BCUT2D eigenvalue weighted by molar-refractivity contribution is 5.79. The summed E-state index contributed by atoms with van der Waals surface area (Å²) in [6, 6.07) is 9.08. The van der Waals surface area contributed by atoms with Gasteiger partial charge in [0.05, 0.1) is 5.52 Å². The average molecular weight is 396 g/mol. The Balaban J connectivity index is 1.42. The Kier molecular flexibility index (Phi) is 5.20. The molecule has 1 saturated heterocycles. The Hall–Kier alpha value is -3.36. The van der Waals surface area contributed by atoms with Gasteiger partial charge in [-0.25, -0.2) is 9.78 Å². The van der Waals surface area contributed by atoms with Gasteiger partial charge in [0.25, 0.3) is 0 Å². The van der Waals surface area contributed by atoms with E-state index in [-0.39, 0.29) is 12.5 Å². The molecule has 3 aromatic rings. The molecule has 1 aromatic carbocycles. The van der Waals surface area contributed by atoms with Gasteiger partial charge < -0.3 is 19.5 Å². The first kappa shape index (κ1) is 19.0. The van der Waals surface area contributed by atoms with Gasteiger partial charge in [-0.1, -0.05) is 12.1 Å². The van der Waals surface area contributed by atoms with Crippen LogP contribution in [0.1, 0.15) is 12.6 Å². The van der Waals surface area contributed by atoms with Crippen molar-refractivity contribution < 1.29 is 9.21 Å². The number of hydrogen-bond donors (Lipinski definition) is 1. The summed E-state index contributed by atoms with van der Waals surface area (Å²) < 4.78 is 6.60. The number of para-hydroxylation sites is 2. The van der Waals surface area contributed by atoms with Crippen LogP contribution in [0.2, 0.25) is 0 Å². The maximum atomic E-state index is 12.8. The summed E-state index contributed by atoms with van der Waals surface area (Å²) in [5, 5.41) is 3.14. The van der Waals surface area contributed by atoms with Crippen molar-refractivity contribution in [2.24, 2.45) is 0 Å². The van der Waals surface area contributed by atoms with Crippen molar-refractivity contribution in [3.8, 4) is 0 Å². The van der Waals surface area contributed by atoms with Gasteiger partial charge >= 0.3 is 5.76 Å². The van der Waals surface area contributed by atoms with E-state index in [0.717, 1.165) is 18.1 Å². The van der Waals surface area contributed by atoms with Crippen molar-refractivity contribution in [2.75, 3.05) is 42.9 Å². The third-order valence-corrected chi connectivity index (χ3v) is 5.00. The number of aromatic nitrogens is 3. The summed E-state index contributed by atoms with van der Waals surface area (Å²) in [6.45, 7) is 7.18. The Morgan fingerprint density at radius 2 is 1.93 bits per heavy atom. The molecule has 0 spiro atoms. The number of anilines is 2. The van der Waals surface area contributed by atoms with Crippen LogP contribution in [0.3, 0.4) is 0 Å². The number of benzene rings is 1. The molecule has 0 bridgehead atoms. The summed E-state index contributed by atoms with van der Waals surface area (Å²) in [4.78, 5) is 37.8. The molecule has 1 aliphatic rings. The molecule has 29 heavy (non-hydrogen) atoms. The van der Waals surface area contributed by atoms with Crippen LogP contribution in [0.5, 0.6) is 0 Å². The molecule has 1 N–H and O–H groups in total. The third-order valence-electron chi connectivity index (χ3n) is 5.00. The van der Waals surface area contributed by atoms with E-state index in [0.29, 0.717) is 43.2 Å². The summed E-state index contributed by atoms with van der Waals surface area (Å²) >= 11 is 0. The van der Waals surface area contributed by atoms with Gasteiger partial charge in [0, 0.05) is 44.5 Å². The van der Waals surface area contributed by atoms with Crippen molar-refractivity contribution in [3.63, 3.8) is 0 Å². The molecule has 152 valence electrons. The van der Waals surface area contributed by atoms with E-state index in [2.05, 4.69) is 20.2 Å². The lowest BCUT2D eigenvalue weighted by Gasteiger charge is -2.35. The number of nitrogens with one attached hydrogen (secondary N) is 1. The maximum Gasteiger partial charge on any atom is 0.420 e. The predicted molar refractivity (Wildman–Crippen MR) is 110 cm³/mol. The fraction of sp³-hybridized carbons (Fsp3) is 0.400. The lowest BCUT2D eigenvalue weighted by atomic mass is 10.3. The highest BCUT2D eigenvalue weighted by atomic mass is 16.4. The number of rotatable bonds is 5. The number of hydrogen-bond acceptors (Lipinski definition) is 7. The Morgan fingerprint density at radius 1 is 1.17 bits per heavy atom. The first-order chi connectivity index (χ1) is 14.0. The summed E-state index contributed by atoms with van der Waals surface area (Å²) in [6.07, 6.45) is 0. The molecule has 9 nitrogen and oxygen atoms in total. The summed E-state index contributed by atoms with van der Waals surface area (Å²) in [7, 11) is 0. The van der Waals surface area contributed by atoms with Crippen LogP contribution in [0, 0.1) is 6.92 Å². The number of oxazole rings is 1. The van der Waals surface area contributed by atoms with E-state index in [1.54, 1.807) is 23.1 Å². The van der Waals surface area contributed by atoms with Gasteiger partial charge in [0.1, 0.15) is 12.4 Å². The number of aryl methyl sites for hydroxylation is 1. The van der Waals surface area contributed by atoms with Gasteiger partial charge in [0.15, 0.2) is 5.58 Å². The Morgan fingerprint density at radius 3 is 2.69 bits per heavy atom. The molecule has 4 rings (SSSR count). The standard InChI is InChI=1S/C20H24N6O3/c1-3-21-19-22-14(2)12-17(23-19)24-8-10-25(11-9-24)18(27)13-26-15-6-4-5-7-16(15)29-20(26)28/h4-7,12H,3,8-11,13H2,1-2H3,(H,21,22,23). The largest absolute Gasteiger partial charge is 0.420 e. The fourth-order valence-electron chi connectivity index (χ4n) is 3.53. The molecule has 0 aliphatic carbocycles. The average Bonchev–Trinajstić information content (AvgIpc) is 3.03. The van der Waals surface area contributed by atoms with Gasteiger partial charge in [-0.05, 0) is 26.0 Å². The lowest BCUT2D eigenvalue weighted by molar-refractivity contribution is -0.132. The Bertz CT molecular complexity index is 1080. The topological polar surface area (TPSA) is 96.5 Å². The van der Waals surface area contributed by atoms with E-state index >= 15 is 0 Å². The monoisotopic (exact) mass is 396 g/mol. The highest BCUT2D eigenvalue weighted by Crippen LogP contribution is 2.18. The van der Waals surface area contributed by atoms with Crippen LogP contribution < -0.4 is 16.0 Å². The van der Waals surface area contributed by atoms with E-state index < -0.39 is 5.76 Å². The zero-order valence-corrected chi connectivity index (χ0v) is 16.6. The van der Waals surface area contributed by atoms with Crippen LogP contribution in [0.4, 0.5) is 11.8 Å². The number of carbonyl (C=O) groups excluding carboxylic acids is 1. The first-order valence-corrected chi connectivity index (χ1v) is 9.76. The molecule has 9 heteroatoms. The molecule has 0 atom stereocenters. The van der Waals surface area contributed by atoms with Gasteiger partial charge in [0.2, 0.25) is 11.9 Å².